The number of rotatable bonds is 5. The number of H-pyrrole nitrogens is 1. The van der Waals surface area contributed by atoms with Crippen LogP contribution in [0.15, 0.2) is 22.7 Å². The van der Waals surface area contributed by atoms with Gasteiger partial charge < -0.3 is 19.9 Å². The molecule has 0 radical (unpaired) electrons. The Hall–Kier alpha value is -2.74. The minimum Gasteiger partial charge on any atom is -0.391 e. The molecule has 3 N–H and O–H groups in total. The van der Waals surface area contributed by atoms with E-state index < -0.39 is 5.91 Å². The zero-order valence-corrected chi connectivity index (χ0v) is 12.4. The van der Waals surface area contributed by atoms with Gasteiger partial charge in [-0.25, -0.2) is 9.37 Å². The van der Waals surface area contributed by atoms with Gasteiger partial charge in [-0.1, -0.05) is 5.16 Å². The number of fused-ring (bicyclic) bond motifs is 1. The normalized spacial score (nSPS) is 11.1. The van der Waals surface area contributed by atoms with Crippen molar-refractivity contribution in [3.63, 3.8) is 0 Å². The van der Waals surface area contributed by atoms with Crippen LogP contribution >= 0.6 is 0 Å². The molecule has 0 spiro atoms. The van der Waals surface area contributed by atoms with E-state index in [0.29, 0.717) is 41.1 Å². The summed E-state index contributed by atoms with van der Waals surface area (Å²) in [7, 11) is 0. The first-order valence-corrected chi connectivity index (χ1v) is 7.07. The largest absolute Gasteiger partial charge is 0.391 e. The lowest BCUT2D eigenvalue weighted by Gasteiger charge is -2.02. The third kappa shape index (κ3) is 3.07. The van der Waals surface area contributed by atoms with Gasteiger partial charge in [0, 0.05) is 13.0 Å². The van der Waals surface area contributed by atoms with Crippen molar-refractivity contribution >= 4 is 16.9 Å². The SMILES string of the molecule is Cc1onc(C(=O)NCCc2nc3ccc(F)cc3[nH]2)c1CO. The van der Waals surface area contributed by atoms with E-state index in [1.807, 2.05) is 0 Å². The van der Waals surface area contributed by atoms with Gasteiger partial charge in [-0.15, -0.1) is 0 Å². The van der Waals surface area contributed by atoms with E-state index in [2.05, 4.69) is 20.4 Å². The van der Waals surface area contributed by atoms with Gasteiger partial charge in [0.2, 0.25) is 0 Å². The Morgan fingerprint density at radius 1 is 1.48 bits per heavy atom. The second-order valence-corrected chi connectivity index (χ2v) is 5.07. The zero-order valence-electron chi connectivity index (χ0n) is 12.4. The maximum Gasteiger partial charge on any atom is 0.273 e. The second-order valence-electron chi connectivity index (χ2n) is 5.07. The molecule has 1 amide bonds. The Morgan fingerprint density at radius 3 is 3.09 bits per heavy atom. The van der Waals surface area contributed by atoms with Crippen LogP contribution in [0.2, 0.25) is 0 Å². The minimum absolute atomic E-state index is 0.0803. The molecule has 0 fully saturated rings. The van der Waals surface area contributed by atoms with Crippen molar-refractivity contribution in [2.45, 2.75) is 20.0 Å². The number of halogens is 1. The van der Waals surface area contributed by atoms with Crippen LogP contribution in [-0.4, -0.2) is 32.7 Å². The number of imidazole rings is 1. The number of nitrogens with one attached hydrogen (secondary N) is 2. The van der Waals surface area contributed by atoms with Gasteiger partial charge in [-0.2, -0.15) is 0 Å². The summed E-state index contributed by atoms with van der Waals surface area (Å²) in [6, 6.07) is 4.31. The zero-order chi connectivity index (χ0) is 16.4. The fourth-order valence-corrected chi connectivity index (χ4v) is 2.29. The highest BCUT2D eigenvalue weighted by Gasteiger charge is 2.18. The number of benzene rings is 1. The Morgan fingerprint density at radius 2 is 2.30 bits per heavy atom. The van der Waals surface area contributed by atoms with E-state index >= 15 is 0 Å². The molecule has 0 aliphatic carbocycles. The summed E-state index contributed by atoms with van der Waals surface area (Å²) in [5.41, 5.74) is 1.74. The summed E-state index contributed by atoms with van der Waals surface area (Å²) >= 11 is 0. The van der Waals surface area contributed by atoms with Crippen LogP contribution < -0.4 is 5.32 Å². The average molecular weight is 318 g/mol. The van der Waals surface area contributed by atoms with Gasteiger partial charge in [-0.3, -0.25) is 4.79 Å². The number of carbonyl (C=O) groups is 1. The monoisotopic (exact) mass is 318 g/mol. The Labute approximate surface area is 130 Å². The van der Waals surface area contributed by atoms with Crippen LogP contribution in [0.4, 0.5) is 4.39 Å². The molecular formula is C15H15FN4O3. The van der Waals surface area contributed by atoms with Gasteiger partial charge in [0.15, 0.2) is 5.69 Å². The van der Waals surface area contributed by atoms with Crippen molar-refractivity contribution in [1.29, 1.82) is 0 Å². The molecule has 0 saturated heterocycles. The van der Waals surface area contributed by atoms with Crippen LogP contribution in [0.5, 0.6) is 0 Å². The molecule has 2 aromatic heterocycles. The van der Waals surface area contributed by atoms with Gasteiger partial charge in [-0.05, 0) is 25.1 Å². The highest BCUT2D eigenvalue weighted by Crippen LogP contribution is 2.14. The van der Waals surface area contributed by atoms with E-state index in [1.165, 1.54) is 12.1 Å². The molecule has 23 heavy (non-hydrogen) atoms. The molecule has 2 heterocycles. The molecule has 0 saturated carbocycles. The van der Waals surface area contributed by atoms with Crippen molar-refractivity contribution in [3.8, 4) is 0 Å². The number of aliphatic hydroxyl groups is 1. The van der Waals surface area contributed by atoms with Crippen molar-refractivity contribution < 1.29 is 18.8 Å². The average Bonchev–Trinajstić information content (AvgIpc) is 3.09. The number of nitrogens with zero attached hydrogens (tertiary/aromatic N) is 2. The Bertz CT molecular complexity index is 856. The molecule has 1 aromatic carbocycles. The van der Waals surface area contributed by atoms with Gasteiger partial charge in [0.05, 0.1) is 23.2 Å². The predicted molar refractivity (Wildman–Crippen MR) is 79.3 cm³/mol. The first-order chi connectivity index (χ1) is 11.1. The fourth-order valence-electron chi connectivity index (χ4n) is 2.29. The maximum atomic E-state index is 13.1. The smallest absolute Gasteiger partial charge is 0.273 e. The van der Waals surface area contributed by atoms with Crippen LogP contribution in [-0.2, 0) is 13.0 Å². The quantitative estimate of drug-likeness (QED) is 0.661. The second kappa shape index (κ2) is 6.17. The number of amides is 1. The van der Waals surface area contributed by atoms with Crippen molar-refractivity contribution in [2.24, 2.45) is 0 Å². The lowest BCUT2D eigenvalue weighted by molar-refractivity contribution is 0.0942. The van der Waals surface area contributed by atoms with E-state index in [9.17, 15) is 14.3 Å². The van der Waals surface area contributed by atoms with Gasteiger partial charge in [0.25, 0.3) is 5.91 Å². The molecule has 0 bridgehead atoms. The van der Waals surface area contributed by atoms with Crippen molar-refractivity contribution in [2.75, 3.05) is 6.54 Å². The summed E-state index contributed by atoms with van der Waals surface area (Å²) < 4.78 is 18.0. The number of aromatic amines is 1. The fraction of sp³-hybridized carbons (Fsp3) is 0.267. The summed E-state index contributed by atoms with van der Waals surface area (Å²) in [5, 5.41) is 15.5. The standard InChI is InChI=1S/C15H15FN4O3/c1-8-10(7-21)14(20-23-8)15(22)17-5-4-13-18-11-3-2-9(16)6-12(11)19-13/h2-3,6,21H,4-5,7H2,1H3,(H,17,22)(H,18,19). The number of aryl methyl sites for hydroxylation is 1. The highest BCUT2D eigenvalue weighted by molar-refractivity contribution is 5.93. The molecule has 3 aromatic rings. The lowest BCUT2D eigenvalue weighted by Crippen LogP contribution is -2.27. The van der Waals surface area contributed by atoms with Crippen LogP contribution in [0.3, 0.4) is 0 Å². The summed E-state index contributed by atoms with van der Waals surface area (Å²) in [5.74, 6) is 0.300. The molecular weight excluding hydrogens is 303 g/mol. The molecule has 7 nitrogen and oxygen atoms in total. The third-order valence-electron chi connectivity index (χ3n) is 3.50. The van der Waals surface area contributed by atoms with Crippen LogP contribution in [0.25, 0.3) is 11.0 Å². The molecule has 0 aliphatic rings. The van der Waals surface area contributed by atoms with E-state index in [-0.39, 0.29) is 18.1 Å². The minimum atomic E-state index is -0.423. The summed E-state index contributed by atoms with van der Waals surface area (Å²) in [6.45, 7) is 1.63. The van der Waals surface area contributed by atoms with Gasteiger partial charge >= 0.3 is 0 Å². The van der Waals surface area contributed by atoms with Crippen LogP contribution in [0, 0.1) is 12.7 Å². The number of hydrogen-bond acceptors (Lipinski definition) is 5. The Kier molecular flexibility index (Phi) is 4.07. The van der Waals surface area contributed by atoms with E-state index in [4.69, 9.17) is 4.52 Å². The van der Waals surface area contributed by atoms with E-state index in [1.54, 1.807) is 13.0 Å². The predicted octanol–water partition coefficient (Wildman–Crippen LogP) is 1.46. The first kappa shape index (κ1) is 15.2. The number of carbonyl (C=O) groups excluding carboxylic acids is 1. The number of aromatic nitrogens is 3. The molecule has 3 rings (SSSR count). The highest BCUT2D eigenvalue weighted by atomic mass is 19.1. The lowest BCUT2D eigenvalue weighted by atomic mass is 10.2. The van der Waals surface area contributed by atoms with Crippen molar-refractivity contribution in [1.82, 2.24) is 20.4 Å². The third-order valence-corrected chi connectivity index (χ3v) is 3.50. The maximum absolute atomic E-state index is 13.1. The molecule has 0 atom stereocenters. The number of hydrogen-bond donors (Lipinski definition) is 3. The summed E-state index contributed by atoms with van der Waals surface area (Å²) in [6.07, 6.45) is 0.452. The molecule has 8 heteroatoms. The Balaban J connectivity index is 1.62. The topological polar surface area (TPSA) is 104 Å². The first-order valence-electron chi connectivity index (χ1n) is 7.07. The molecule has 0 aliphatic heterocycles. The van der Waals surface area contributed by atoms with Crippen LogP contribution in [0.1, 0.15) is 27.6 Å². The summed E-state index contributed by atoms with van der Waals surface area (Å²) in [4.78, 5) is 19.3. The molecule has 0 unspecified atom stereocenters. The number of aliphatic hydroxyl groups excluding tert-OH is 1. The van der Waals surface area contributed by atoms with Gasteiger partial charge in [0.1, 0.15) is 17.4 Å². The molecule has 120 valence electrons. The van der Waals surface area contributed by atoms with Crippen molar-refractivity contribution in [3.05, 3.63) is 46.9 Å². The van der Waals surface area contributed by atoms with E-state index in [0.717, 1.165) is 0 Å².